The fourth-order valence-electron chi connectivity index (χ4n) is 2.60. The molecule has 4 heterocycles. The number of hydrogen-bond acceptors (Lipinski definition) is 4. The molecule has 0 amide bonds. The van der Waals surface area contributed by atoms with Crippen molar-refractivity contribution in [2.45, 2.75) is 25.9 Å². The number of nitrogens with zero attached hydrogens (tertiary/aromatic N) is 4. The molecule has 3 aromatic heterocycles. The highest BCUT2D eigenvalue weighted by atomic mass is 15.3. The topological polar surface area (TPSA) is 70.9 Å². The Morgan fingerprint density at radius 1 is 1.37 bits per heavy atom. The van der Waals surface area contributed by atoms with Gasteiger partial charge in [0.2, 0.25) is 0 Å². The minimum absolute atomic E-state index is 0.161. The average molecular weight is 254 g/mol. The first kappa shape index (κ1) is 10.7. The molecule has 2 N–H and O–H groups in total. The van der Waals surface area contributed by atoms with Crippen LogP contribution in [0.5, 0.6) is 0 Å². The Bertz CT molecular complexity index is 741. The molecule has 1 aliphatic rings. The van der Waals surface area contributed by atoms with Crippen molar-refractivity contribution in [2.24, 2.45) is 0 Å². The van der Waals surface area contributed by atoms with E-state index >= 15 is 0 Å². The summed E-state index contributed by atoms with van der Waals surface area (Å²) in [4.78, 5) is 7.51. The highest BCUT2D eigenvalue weighted by Gasteiger charge is 2.25. The van der Waals surface area contributed by atoms with Crippen molar-refractivity contribution in [1.29, 1.82) is 0 Å². The predicted octanol–water partition coefficient (Wildman–Crippen LogP) is 1.15. The maximum atomic E-state index is 4.36. The van der Waals surface area contributed by atoms with Gasteiger partial charge >= 0.3 is 0 Å². The molecule has 1 atom stereocenters. The third-order valence-corrected chi connectivity index (χ3v) is 3.63. The Kier molecular flexibility index (Phi) is 2.19. The number of pyridine rings is 1. The van der Waals surface area contributed by atoms with Crippen molar-refractivity contribution in [2.75, 3.05) is 0 Å². The number of nitrogens with one attached hydrogen (secondary N) is 2. The van der Waals surface area contributed by atoms with Gasteiger partial charge in [-0.3, -0.25) is 4.40 Å². The summed E-state index contributed by atoms with van der Waals surface area (Å²) in [7, 11) is 0. The Morgan fingerprint density at radius 2 is 2.32 bits per heavy atom. The summed E-state index contributed by atoms with van der Waals surface area (Å²) in [5.41, 5.74) is 4.37. The van der Waals surface area contributed by atoms with E-state index in [2.05, 4.69) is 38.5 Å². The molecule has 0 aliphatic carbocycles. The molecule has 0 fully saturated rings. The van der Waals surface area contributed by atoms with Crippen molar-refractivity contribution in [3.8, 4) is 0 Å². The fraction of sp³-hybridized carbons (Fsp3) is 0.308. The SMILES string of the molecule is Cc1ccn2c(C3Cc4nc[nH]c4CN3)nnc2c1. The molecule has 0 saturated heterocycles. The van der Waals surface area contributed by atoms with Crippen molar-refractivity contribution >= 4 is 5.65 Å². The first-order valence-corrected chi connectivity index (χ1v) is 6.37. The van der Waals surface area contributed by atoms with Crippen LogP contribution in [0.2, 0.25) is 0 Å². The van der Waals surface area contributed by atoms with E-state index in [0.717, 1.165) is 30.1 Å². The summed E-state index contributed by atoms with van der Waals surface area (Å²) in [5, 5.41) is 12.0. The maximum absolute atomic E-state index is 4.36. The third-order valence-electron chi connectivity index (χ3n) is 3.63. The lowest BCUT2D eigenvalue weighted by atomic mass is 10.0. The molecule has 0 saturated carbocycles. The number of hydrogen-bond donors (Lipinski definition) is 2. The van der Waals surface area contributed by atoms with Crippen LogP contribution in [-0.2, 0) is 13.0 Å². The van der Waals surface area contributed by atoms with Gasteiger partial charge < -0.3 is 10.3 Å². The van der Waals surface area contributed by atoms with Crippen LogP contribution in [-0.4, -0.2) is 24.6 Å². The molecule has 0 radical (unpaired) electrons. The van der Waals surface area contributed by atoms with Crippen LogP contribution in [0.1, 0.15) is 28.8 Å². The minimum atomic E-state index is 0.161. The minimum Gasteiger partial charge on any atom is -0.347 e. The van der Waals surface area contributed by atoms with Gasteiger partial charge in [0, 0.05) is 19.2 Å². The number of aromatic nitrogens is 5. The van der Waals surface area contributed by atoms with E-state index in [1.165, 1.54) is 11.3 Å². The van der Waals surface area contributed by atoms with Crippen LogP contribution < -0.4 is 5.32 Å². The summed E-state index contributed by atoms with van der Waals surface area (Å²) in [6.07, 6.45) is 4.62. The molecule has 6 heteroatoms. The van der Waals surface area contributed by atoms with Gasteiger partial charge in [-0.15, -0.1) is 10.2 Å². The molecular weight excluding hydrogens is 240 g/mol. The van der Waals surface area contributed by atoms with E-state index in [-0.39, 0.29) is 6.04 Å². The van der Waals surface area contributed by atoms with Gasteiger partial charge in [-0.1, -0.05) is 0 Å². The van der Waals surface area contributed by atoms with Crippen LogP contribution in [0.25, 0.3) is 5.65 Å². The van der Waals surface area contributed by atoms with Gasteiger partial charge in [-0.05, 0) is 24.6 Å². The lowest BCUT2D eigenvalue weighted by Crippen LogP contribution is -2.30. The maximum Gasteiger partial charge on any atom is 0.161 e. The Hall–Kier alpha value is -2.21. The number of imidazole rings is 1. The molecule has 0 aromatic carbocycles. The van der Waals surface area contributed by atoms with Gasteiger partial charge in [0.1, 0.15) is 0 Å². The van der Waals surface area contributed by atoms with E-state index in [9.17, 15) is 0 Å². The highest BCUT2D eigenvalue weighted by Crippen LogP contribution is 2.23. The van der Waals surface area contributed by atoms with Gasteiger partial charge in [0.05, 0.1) is 23.8 Å². The summed E-state index contributed by atoms with van der Waals surface area (Å²) in [6, 6.07) is 4.27. The van der Waals surface area contributed by atoms with Crippen LogP contribution in [0.3, 0.4) is 0 Å². The number of H-pyrrole nitrogens is 1. The van der Waals surface area contributed by atoms with Crippen molar-refractivity contribution < 1.29 is 0 Å². The number of rotatable bonds is 1. The number of fused-ring (bicyclic) bond motifs is 2. The number of aromatic amines is 1. The quantitative estimate of drug-likeness (QED) is 0.683. The predicted molar refractivity (Wildman–Crippen MR) is 69.6 cm³/mol. The van der Waals surface area contributed by atoms with Crippen molar-refractivity contribution in [1.82, 2.24) is 29.9 Å². The lowest BCUT2D eigenvalue weighted by Gasteiger charge is -2.21. The molecule has 0 spiro atoms. The van der Waals surface area contributed by atoms with E-state index < -0.39 is 0 Å². The molecule has 96 valence electrons. The first-order valence-electron chi connectivity index (χ1n) is 6.37. The second kappa shape index (κ2) is 3.89. The highest BCUT2D eigenvalue weighted by molar-refractivity contribution is 5.41. The van der Waals surface area contributed by atoms with Crippen LogP contribution in [0, 0.1) is 6.92 Å². The van der Waals surface area contributed by atoms with Crippen molar-refractivity contribution in [3.63, 3.8) is 0 Å². The molecule has 3 aromatic rings. The molecule has 0 bridgehead atoms. The summed E-state index contributed by atoms with van der Waals surface area (Å²) < 4.78 is 2.04. The molecule has 6 nitrogen and oxygen atoms in total. The van der Waals surface area contributed by atoms with E-state index in [1.807, 2.05) is 16.7 Å². The zero-order chi connectivity index (χ0) is 12.8. The van der Waals surface area contributed by atoms with Crippen LogP contribution >= 0.6 is 0 Å². The average Bonchev–Trinajstić information content (AvgIpc) is 3.02. The lowest BCUT2D eigenvalue weighted by molar-refractivity contribution is 0.464. The largest absolute Gasteiger partial charge is 0.347 e. The number of aryl methyl sites for hydroxylation is 1. The van der Waals surface area contributed by atoms with Gasteiger partial charge in [0.25, 0.3) is 0 Å². The van der Waals surface area contributed by atoms with Gasteiger partial charge in [-0.2, -0.15) is 0 Å². The summed E-state index contributed by atoms with van der Waals surface area (Å²) in [6.45, 7) is 2.85. The zero-order valence-corrected chi connectivity index (χ0v) is 10.6. The van der Waals surface area contributed by atoms with Crippen LogP contribution in [0.4, 0.5) is 0 Å². The molecule has 4 rings (SSSR count). The van der Waals surface area contributed by atoms with E-state index in [0.29, 0.717) is 0 Å². The first-order chi connectivity index (χ1) is 9.31. The van der Waals surface area contributed by atoms with Crippen LogP contribution in [0.15, 0.2) is 24.7 Å². The van der Waals surface area contributed by atoms with E-state index in [4.69, 9.17) is 0 Å². The monoisotopic (exact) mass is 254 g/mol. The van der Waals surface area contributed by atoms with Gasteiger partial charge in [-0.25, -0.2) is 4.98 Å². The fourth-order valence-corrected chi connectivity index (χ4v) is 2.60. The molecule has 19 heavy (non-hydrogen) atoms. The summed E-state index contributed by atoms with van der Waals surface area (Å²) in [5.74, 6) is 0.948. The third kappa shape index (κ3) is 1.64. The zero-order valence-electron chi connectivity index (χ0n) is 10.6. The second-order valence-electron chi connectivity index (χ2n) is 4.96. The van der Waals surface area contributed by atoms with E-state index in [1.54, 1.807) is 6.33 Å². The Morgan fingerprint density at radius 3 is 3.26 bits per heavy atom. The standard InChI is InChI=1S/C13H14N6/c1-8-2-3-19-12(4-8)17-18-13(19)10-5-9-11(6-14-10)16-7-15-9/h2-4,7,10,14H,5-6H2,1H3,(H,15,16). The Labute approximate surface area is 109 Å². The Balaban J connectivity index is 1.76. The van der Waals surface area contributed by atoms with Gasteiger partial charge in [0.15, 0.2) is 11.5 Å². The summed E-state index contributed by atoms with van der Waals surface area (Å²) >= 11 is 0. The normalized spacial score (nSPS) is 18.7. The molecular formula is C13H14N6. The molecule has 1 unspecified atom stereocenters. The molecule has 1 aliphatic heterocycles. The second-order valence-corrected chi connectivity index (χ2v) is 4.96. The van der Waals surface area contributed by atoms with Crippen molar-refractivity contribution in [3.05, 3.63) is 47.4 Å². The smallest absolute Gasteiger partial charge is 0.161 e.